The fourth-order valence-electron chi connectivity index (χ4n) is 6.86. The molecule has 1 aromatic carbocycles. The molecule has 1 aromatic heterocycles. The number of aryl methyl sites for hydroxylation is 1. The van der Waals surface area contributed by atoms with E-state index in [0.717, 1.165) is 54.8 Å². The molecule has 11 heteroatoms. The first-order valence-corrected chi connectivity index (χ1v) is 14.3. The van der Waals surface area contributed by atoms with Gasteiger partial charge < -0.3 is 15.1 Å². The number of hydrogen-bond donors (Lipinski definition) is 3. The average Bonchev–Trinajstić information content (AvgIpc) is 3.23. The number of imide groups is 1. The van der Waals surface area contributed by atoms with Crippen molar-refractivity contribution in [3.8, 4) is 0 Å². The third-order valence-corrected chi connectivity index (χ3v) is 9.46. The number of piperidine rings is 2. The first-order valence-electron chi connectivity index (χ1n) is 14.3. The third-order valence-electron chi connectivity index (χ3n) is 9.46. The number of carbonyl (C=O) groups is 3. The number of aromatic nitrogens is 2. The lowest BCUT2D eigenvalue weighted by Gasteiger charge is -2.55. The van der Waals surface area contributed by atoms with Crippen LogP contribution in [0.4, 0.5) is 10.5 Å². The molecule has 218 valence electrons. The van der Waals surface area contributed by atoms with Crippen molar-refractivity contribution in [3.63, 3.8) is 0 Å². The quantitative estimate of drug-likeness (QED) is 0.480. The molecule has 1 unspecified atom stereocenters. The molecule has 0 spiro atoms. The molecule has 11 nitrogen and oxygen atoms in total. The highest BCUT2D eigenvalue weighted by Gasteiger charge is 2.52. The number of rotatable bonds is 5. The van der Waals surface area contributed by atoms with Gasteiger partial charge >= 0.3 is 6.09 Å². The van der Waals surface area contributed by atoms with E-state index >= 15 is 0 Å². The zero-order chi connectivity index (χ0) is 28.8. The predicted molar refractivity (Wildman–Crippen MR) is 151 cm³/mol. The standard InChI is InChI=1S/C29H42N6O5/c1-28(2,3)29(18-36)17-33(13-14-35(29)27(39)40)16-19-9-11-34(12-10-19)20-5-6-21-23(15-20)32(4)31-25(21)22-7-8-24(37)30-26(22)38/h5-6,15,19,22,36H,7-14,16-18H2,1-4H3,(H,39,40)(H,30,37,38)/t22?,29-/m0/s1. The van der Waals surface area contributed by atoms with Gasteiger partial charge in [-0.3, -0.25) is 29.4 Å². The normalized spacial score (nSPS) is 25.5. The minimum atomic E-state index is -0.966. The summed E-state index contributed by atoms with van der Waals surface area (Å²) in [6.45, 7) is 10.2. The maximum absolute atomic E-state index is 12.5. The molecule has 5 rings (SSSR count). The van der Waals surface area contributed by atoms with Crippen molar-refractivity contribution in [2.24, 2.45) is 18.4 Å². The zero-order valence-electron chi connectivity index (χ0n) is 24.0. The van der Waals surface area contributed by atoms with Crippen LogP contribution in [-0.4, -0.2) is 99.1 Å². The van der Waals surface area contributed by atoms with Crippen LogP contribution in [0.3, 0.4) is 0 Å². The molecule has 2 atom stereocenters. The number of hydrogen-bond acceptors (Lipinski definition) is 7. The van der Waals surface area contributed by atoms with Crippen LogP contribution in [-0.2, 0) is 16.6 Å². The smallest absolute Gasteiger partial charge is 0.407 e. The van der Waals surface area contributed by atoms with Crippen molar-refractivity contribution in [1.29, 1.82) is 0 Å². The Morgan fingerprint density at radius 3 is 2.48 bits per heavy atom. The number of benzene rings is 1. The van der Waals surface area contributed by atoms with E-state index in [-0.39, 0.29) is 18.4 Å². The summed E-state index contributed by atoms with van der Waals surface area (Å²) in [6.07, 6.45) is 1.91. The summed E-state index contributed by atoms with van der Waals surface area (Å²) in [4.78, 5) is 42.3. The molecule has 3 saturated heterocycles. The molecular formula is C29H42N6O5. The molecule has 0 saturated carbocycles. The minimum Gasteiger partial charge on any atom is -0.465 e. The number of anilines is 1. The van der Waals surface area contributed by atoms with Crippen LogP contribution < -0.4 is 10.2 Å². The van der Waals surface area contributed by atoms with Gasteiger partial charge in [0.1, 0.15) is 0 Å². The van der Waals surface area contributed by atoms with E-state index in [4.69, 9.17) is 0 Å². The topological polar surface area (TPSA) is 131 Å². The van der Waals surface area contributed by atoms with Gasteiger partial charge in [-0.1, -0.05) is 20.8 Å². The number of aliphatic hydroxyl groups is 1. The maximum Gasteiger partial charge on any atom is 0.407 e. The summed E-state index contributed by atoms with van der Waals surface area (Å²) < 4.78 is 1.82. The Morgan fingerprint density at radius 2 is 1.85 bits per heavy atom. The number of piperazine rings is 1. The molecule has 3 amide bonds. The van der Waals surface area contributed by atoms with Gasteiger partial charge in [-0.15, -0.1) is 0 Å². The van der Waals surface area contributed by atoms with Crippen LogP contribution in [0.1, 0.15) is 58.1 Å². The SMILES string of the molecule is Cn1nc(C2CCC(=O)NC2=O)c2ccc(N3CCC(CN4CCN(C(=O)O)[C@@](CO)(C(C)(C)C)C4)CC3)cc21. The highest BCUT2D eigenvalue weighted by atomic mass is 16.4. The third kappa shape index (κ3) is 5.05. The van der Waals surface area contributed by atoms with Crippen LogP contribution >= 0.6 is 0 Å². The van der Waals surface area contributed by atoms with Crippen molar-refractivity contribution < 1.29 is 24.6 Å². The van der Waals surface area contributed by atoms with E-state index in [1.54, 1.807) is 0 Å². The Hall–Kier alpha value is -3.18. The van der Waals surface area contributed by atoms with Crippen molar-refractivity contribution in [1.82, 2.24) is 24.9 Å². The maximum atomic E-state index is 12.5. The number of carboxylic acid groups (broad SMARTS) is 1. The van der Waals surface area contributed by atoms with E-state index in [2.05, 4.69) is 32.3 Å². The summed E-state index contributed by atoms with van der Waals surface area (Å²) in [5.74, 6) is -0.408. The number of fused-ring (bicyclic) bond motifs is 1. The molecule has 0 bridgehead atoms. The monoisotopic (exact) mass is 554 g/mol. The van der Waals surface area contributed by atoms with Crippen LogP contribution in [0.5, 0.6) is 0 Å². The van der Waals surface area contributed by atoms with E-state index in [1.807, 2.05) is 38.6 Å². The van der Waals surface area contributed by atoms with Gasteiger partial charge in [0.05, 0.1) is 29.3 Å². The Bertz CT molecular complexity index is 1290. The lowest BCUT2D eigenvalue weighted by molar-refractivity contribution is -0.134. The predicted octanol–water partition coefficient (Wildman–Crippen LogP) is 2.38. The van der Waals surface area contributed by atoms with Gasteiger partial charge in [0.15, 0.2) is 0 Å². The number of amides is 3. The fraction of sp³-hybridized carbons (Fsp3) is 0.655. The van der Waals surface area contributed by atoms with E-state index in [1.165, 1.54) is 4.90 Å². The van der Waals surface area contributed by atoms with Gasteiger partial charge in [0.2, 0.25) is 11.8 Å². The van der Waals surface area contributed by atoms with Crippen molar-refractivity contribution in [2.45, 2.75) is 57.9 Å². The van der Waals surface area contributed by atoms with Gasteiger partial charge in [0.25, 0.3) is 0 Å². The second-order valence-corrected chi connectivity index (χ2v) is 12.8. The molecule has 2 aromatic rings. The van der Waals surface area contributed by atoms with Gasteiger partial charge in [-0.05, 0) is 48.8 Å². The minimum absolute atomic E-state index is 0.195. The van der Waals surface area contributed by atoms with Gasteiger partial charge in [0, 0.05) is 63.8 Å². The molecule has 3 fully saturated rings. The van der Waals surface area contributed by atoms with E-state index < -0.39 is 23.0 Å². The summed E-state index contributed by atoms with van der Waals surface area (Å²) in [6, 6.07) is 6.29. The first kappa shape index (κ1) is 28.4. The lowest BCUT2D eigenvalue weighted by atomic mass is 9.71. The van der Waals surface area contributed by atoms with Crippen LogP contribution in [0.25, 0.3) is 10.9 Å². The molecular weight excluding hydrogens is 512 g/mol. The Morgan fingerprint density at radius 1 is 1.12 bits per heavy atom. The molecule has 4 heterocycles. The highest BCUT2D eigenvalue weighted by molar-refractivity contribution is 6.02. The molecule has 3 N–H and O–H groups in total. The van der Waals surface area contributed by atoms with Crippen LogP contribution in [0.15, 0.2) is 18.2 Å². The summed E-state index contributed by atoms with van der Waals surface area (Å²) in [5, 5.41) is 28.3. The van der Waals surface area contributed by atoms with E-state index in [9.17, 15) is 24.6 Å². The van der Waals surface area contributed by atoms with Crippen molar-refractivity contribution in [2.75, 3.05) is 50.8 Å². The largest absolute Gasteiger partial charge is 0.465 e. The van der Waals surface area contributed by atoms with Crippen molar-refractivity contribution in [3.05, 3.63) is 23.9 Å². The van der Waals surface area contributed by atoms with Crippen molar-refractivity contribution >= 4 is 34.5 Å². The second kappa shape index (κ2) is 10.7. The second-order valence-electron chi connectivity index (χ2n) is 12.8. The highest BCUT2D eigenvalue weighted by Crippen LogP contribution is 2.39. The summed E-state index contributed by atoms with van der Waals surface area (Å²) in [5.41, 5.74) is 1.60. The number of nitrogens with one attached hydrogen (secondary N) is 1. The van der Waals surface area contributed by atoms with Crippen LogP contribution in [0, 0.1) is 11.3 Å². The Labute approximate surface area is 235 Å². The number of aliphatic hydroxyl groups excluding tert-OH is 1. The molecule has 3 aliphatic rings. The number of nitrogens with zero attached hydrogens (tertiary/aromatic N) is 5. The first-order chi connectivity index (χ1) is 18.9. The summed E-state index contributed by atoms with van der Waals surface area (Å²) in [7, 11) is 1.89. The average molecular weight is 555 g/mol. The van der Waals surface area contributed by atoms with Crippen LogP contribution in [0.2, 0.25) is 0 Å². The lowest BCUT2D eigenvalue weighted by Crippen LogP contribution is -2.71. The molecule has 3 aliphatic heterocycles. The summed E-state index contributed by atoms with van der Waals surface area (Å²) >= 11 is 0. The Kier molecular flexibility index (Phi) is 7.56. The fourth-order valence-corrected chi connectivity index (χ4v) is 6.86. The molecule has 0 aliphatic carbocycles. The van der Waals surface area contributed by atoms with Gasteiger partial charge in [-0.25, -0.2) is 4.79 Å². The zero-order valence-corrected chi connectivity index (χ0v) is 24.0. The Balaban J connectivity index is 1.24. The van der Waals surface area contributed by atoms with Gasteiger partial charge in [-0.2, -0.15) is 5.10 Å². The van der Waals surface area contributed by atoms with E-state index in [0.29, 0.717) is 38.4 Å². The number of carbonyl (C=O) groups excluding carboxylic acids is 2. The molecule has 0 radical (unpaired) electrons. The molecule has 40 heavy (non-hydrogen) atoms.